The maximum Gasteiger partial charge on any atom is 0.303 e. The first-order valence-corrected chi connectivity index (χ1v) is 20.6. The number of aromatic nitrogens is 2. The van der Waals surface area contributed by atoms with E-state index < -0.39 is 128 Å². The molecular weight excluding hydrogens is 872 g/mol. The van der Waals surface area contributed by atoms with Crippen LogP contribution in [0.5, 0.6) is 0 Å². The molecule has 2 aliphatic rings. The number of hydrogen-bond donors (Lipinski definition) is 0. The molecule has 2 aromatic carbocycles. The normalized spacial score (nSPS) is 24.9. The van der Waals surface area contributed by atoms with E-state index in [1.54, 1.807) is 48.5 Å². The van der Waals surface area contributed by atoms with Crippen LogP contribution < -0.4 is 0 Å². The summed E-state index contributed by atoms with van der Waals surface area (Å²) in [4.78, 5) is 114. The highest BCUT2D eigenvalue weighted by molar-refractivity contribution is 6.21. The van der Waals surface area contributed by atoms with E-state index in [2.05, 4.69) is 0 Å². The summed E-state index contributed by atoms with van der Waals surface area (Å²) in [7, 11) is 0. The lowest BCUT2D eigenvalue weighted by Crippen LogP contribution is -2.60. The zero-order valence-corrected chi connectivity index (χ0v) is 37.1. The van der Waals surface area contributed by atoms with E-state index in [0.29, 0.717) is 21.8 Å². The number of ether oxygens (including phenoxy) is 10. The van der Waals surface area contributed by atoms with Crippen LogP contribution in [0.2, 0.25) is 0 Å². The van der Waals surface area contributed by atoms with Crippen LogP contribution in [0.1, 0.15) is 83.8 Å². The minimum Gasteiger partial charge on any atom is -0.463 e. The molecule has 0 amide bonds. The Kier molecular flexibility index (Phi) is 14.9. The van der Waals surface area contributed by atoms with Crippen molar-refractivity contribution >= 4 is 75.3 Å². The highest BCUT2D eigenvalue weighted by Gasteiger charge is 2.55. The second-order valence-corrected chi connectivity index (χ2v) is 15.4. The summed E-state index contributed by atoms with van der Waals surface area (Å²) >= 11 is 0. The average Bonchev–Trinajstić information content (AvgIpc) is 3.81. The quantitative estimate of drug-likeness (QED) is 0.0998. The highest BCUT2D eigenvalue weighted by atomic mass is 16.7. The van der Waals surface area contributed by atoms with Crippen LogP contribution in [-0.4, -0.2) is 125 Å². The Morgan fingerprint density at radius 2 is 0.727 bits per heavy atom. The Bertz CT molecular complexity index is 2390. The van der Waals surface area contributed by atoms with Crippen molar-refractivity contribution in [2.24, 2.45) is 0 Å². The molecule has 4 heterocycles. The number of benzene rings is 2. The van der Waals surface area contributed by atoms with Crippen molar-refractivity contribution in [2.45, 2.75) is 117 Å². The predicted octanol–water partition coefficient (Wildman–Crippen LogP) is 3.34. The lowest BCUT2D eigenvalue weighted by molar-refractivity contribution is -0.267. The van der Waals surface area contributed by atoms with Gasteiger partial charge >= 0.3 is 47.8 Å². The molecule has 0 saturated carbocycles. The van der Waals surface area contributed by atoms with Crippen molar-refractivity contribution in [3.8, 4) is 0 Å². The first kappa shape index (κ1) is 48.3. The van der Waals surface area contributed by atoms with E-state index in [0.717, 1.165) is 55.4 Å². The highest BCUT2D eigenvalue weighted by Crippen LogP contribution is 2.41. The molecule has 66 heavy (non-hydrogen) atoms. The molecule has 352 valence electrons. The van der Waals surface area contributed by atoms with Crippen LogP contribution in [0, 0.1) is 0 Å². The van der Waals surface area contributed by atoms with Gasteiger partial charge < -0.3 is 56.5 Å². The van der Waals surface area contributed by atoms with E-state index >= 15 is 4.79 Å². The molecule has 0 radical (unpaired) electrons. The van der Waals surface area contributed by atoms with Crippen molar-refractivity contribution in [1.29, 1.82) is 0 Å². The summed E-state index contributed by atoms with van der Waals surface area (Å²) in [5, 5.41) is 0.749. The van der Waals surface area contributed by atoms with Gasteiger partial charge in [-0.05, 0) is 12.1 Å². The van der Waals surface area contributed by atoms with Gasteiger partial charge in [0.15, 0.2) is 54.9 Å². The largest absolute Gasteiger partial charge is 0.463 e. The third-order valence-electron chi connectivity index (χ3n) is 10.5. The van der Waals surface area contributed by atoms with Gasteiger partial charge in [-0.3, -0.25) is 43.2 Å². The molecule has 21 nitrogen and oxygen atoms in total. The molecule has 2 aliphatic heterocycles. The number of rotatable bonds is 14. The predicted molar refractivity (Wildman–Crippen MR) is 222 cm³/mol. The molecule has 0 bridgehead atoms. The summed E-state index contributed by atoms with van der Waals surface area (Å²) in [6.45, 7) is 7.94. The number of nitrogens with zero attached hydrogens (tertiary/aromatic N) is 2. The number of carbonyl (C=O) groups excluding carboxylic acids is 9. The molecule has 6 rings (SSSR count). The number of ketones is 1. The summed E-state index contributed by atoms with van der Waals surface area (Å²) in [5.41, 5.74) is 0.904. The van der Waals surface area contributed by atoms with Gasteiger partial charge in [-0.25, -0.2) is 0 Å². The molecule has 2 aromatic heterocycles. The van der Waals surface area contributed by atoms with Gasteiger partial charge in [-0.1, -0.05) is 36.4 Å². The molecule has 0 spiro atoms. The monoisotopic (exact) mass is 920 g/mol. The topological polar surface area (TPSA) is 256 Å². The number of esters is 8. The van der Waals surface area contributed by atoms with Gasteiger partial charge in [0.1, 0.15) is 25.4 Å². The second kappa shape index (κ2) is 20.4. The molecule has 10 atom stereocenters. The third-order valence-corrected chi connectivity index (χ3v) is 10.5. The van der Waals surface area contributed by atoms with E-state index in [4.69, 9.17) is 47.4 Å². The minimum absolute atomic E-state index is 0.0860. The van der Waals surface area contributed by atoms with Crippen LogP contribution in [0.25, 0.3) is 21.8 Å². The fraction of sp³-hybridized carbons (Fsp3) is 0.444. The first-order chi connectivity index (χ1) is 31.2. The van der Waals surface area contributed by atoms with E-state index in [1.165, 1.54) is 21.5 Å². The lowest BCUT2D eigenvalue weighted by Gasteiger charge is -2.44. The average molecular weight is 921 g/mol. The van der Waals surface area contributed by atoms with E-state index in [-0.39, 0.29) is 11.1 Å². The van der Waals surface area contributed by atoms with Crippen LogP contribution in [0.4, 0.5) is 0 Å². The molecule has 2 fully saturated rings. The van der Waals surface area contributed by atoms with Crippen molar-refractivity contribution in [3.05, 3.63) is 72.1 Å². The zero-order valence-electron chi connectivity index (χ0n) is 37.1. The minimum atomic E-state index is -1.51. The molecule has 21 heteroatoms. The Labute approximate surface area is 376 Å². The summed E-state index contributed by atoms with van der Waals surface area (Å²) in [6, 6.07) is 13.3. The Balaban J connectivity index is 1.51. The number of fused-ring (bicyclic) bond motifs is 2. The van der Waals surface area contributed by atoms with Crippen LogP contribution in [0.15, 0.2) is 60.9 Å². The van der Waals surface area contributed by atoms with Gasteiger partial charge in [-0.2, -0.15) is 0 Å². The number of carbonyl (C=O) groups is 9. The zero-order chi connectivity index (χ0) is 48.1. The fourth-order valence-electron chi connectivity index (χ4n) is 8.20. The molecule has 0 N–H and O–H groups in total. The van der Waals surface area contributed by atoms with Crippen LogP contribution in [0.3, 0.4) is 0 Å². The molecular formula is C45H48N2O19. The summed E-state index contributed by atoms with van der Waals surface area (Å²) in [5.74, 6) is -6.91. The standard InChI is InChI=1S/C45H48N2O19/c1-21(48)57-19-35-38(59-23(3)50)40(61-25(5)52)42(63-27(7)54)44(65-35)46-17-31(29-13-9-11-15-33(29)46)37(56)32-18-47(34-16-12-10-14-30(32)34)45-43(64-28(8)55)41(62-26(6)53)39(60-24(4)51)36(66-45)20-58-22(2)49/h9-18,35-36,38-45H,19-20H2,1-8H3/t35-,36-,38-,39-,40+,41+,42-,43-,44-,45-/m1/s1. The van der Waals surface area contributed by atoms with Gasteiger partial charge in [0.05, 0.1) is 11.0 Å². The summed E-state index contributed by atoms with van der Waals surface area (Å²) < 4.78 is 60.3. The van der Waals surface area contributed by atoms with Gasteiger partial charge in [0.2, 0.25) is 0 Å². The number of hydrogen-bond acceptors (Lipinski definition) is 19. The maximum absolute atomic E-state index is 15.2. The summed E-state index contributed by atoms with van der Waals surface area (Å²) in [6.07, 6.45) is -11.4. The van der Waals surface area contributed by atoms with Gasteiger partial charge in [-0.15, -0.1) is 0 Å². The van der Waals surface area contributed by atoms with Crippen molar-refractivity contribution in [2.75, 3.05) is 13.2 Å². The van der Waals surface area contributed by atoms with Crippen molar-refractivity contribution < 1.29 is 90.5 Å². The van der Waals surface area contributed by atoms with Crippen molar-refractivity contribution in [1.82, 2.24) is 9.13 Å². The fourth-order valence-corrected chi connectivity index (χ4v) is 8.20. The van der Waals surface area contributed by atoms with Crippen LogP contribution in [-0.2, 0) is 85.7 Å². The lowest BCUT2D eigenvalue weighted by atomic mass is 9.97. The number of para-hydroxylation sites is 2. The molecule has 2 saturated heterocycles. The van der Waals surface area contributed by atoms with Crippen molar-refractivity contribution in [3.63, 3.8) is 0 Å². The Morgan fingerprint density at radius 1 is 0.424 bits per heavy atom. The van der Waals surface area contributed by atoms with Crippen LogP contribution >= 0.6 is 0 Å². The molecule has 4 aromatic rings. The van der Waals surface area contributed by atoms with Gasteiger partial charge in [0.25, 0.3) is 0 Å². The Hall–Kier alpha value is -7.13. The van der Waals surface area contributed by atoms with E-state index in [9.17, 15) is 38.4 Å². The van der Waals surface area contributed by atoms with Gasteiger partial charge in [0, 0.05) is 89.7 Å². The molecule has 0 aliphatic carbocycles. The van der Waals surface area contributed by atoms with E-state index in [1.807, 2.05) is 0 Å². The smallest absolute Gasteiger partial charge is 0.303 e. The second-order valence-electron chi connectivity index (χ2n) is 15.4. The maximum atomic E-state index is 15.2. The molecule has 0 unspecified atom stereocenters. The first-order valence-electron chi connectivity index (χ1n) is 20.6. The third kappa shape index (κ3) is 10.7. The Morgan fingerprint density at radius 3 is 1.05 bits per heavy atom. The SMILES string of the molecule is CC(=O)OC[C@H]1O[C@@H](n2cc(C(=O)c3cn([C@@H]4O[C@H](COC(C)=O)[C@@H](OC(C)=O)[C@H](OC(C)=O)[C@H]4OC(C)=O)c4ccccc34)c3ccccc32)[C@H](OC(C)=O)[C@@H](OC(C)=O)[C@@H]1OC(C)=O.